The average molecular weight is 167 g/mol. The minimum Gasteiger partial charge on any atom is -0.398 e. The van der Waals surface area contributed by atoms with Crippen molar-refractivity contribution < 1.29 is 9.50 Å². The Hall–Kier alpha value is -1.35. The van der Waals surface area contributed by atoms with E-state index >= 15 is 0 Å². The predicted octanol–water partition coefficient (Wildman–Crippen LogP) is 1.41. The molecular weight excluding hydrogens is 157 g/mol. The molecule has 0 aliphatic rings. The molecule has 0 unspecified atom stereocenters. The van der Waals surface area contributed by atoms with Crippen molar-refractivity contribution in [1.82, 2.24) is 0 Å². The zero-order valence-corrected chi connectivity index (χ0v) is 6.50. The quantitative estimate of drug-likeness (QED) is 0.654. The number of hydrogen-bond donors (Lipinski definition) is 2. The minimum absolute atomic E-state index is 0.117. The van der Waals surface area contributed by atoms with Crippen LogP contribution in [0.3, 0.4) is 0 Å². The Kier molecular flexibility index (Phi) is 2.82. The third-order valence-corrected chi connectivity index (χ3v) is 1.48. The Bertz CT molecular complexity index is 276. The van der Waals surface area contributed by atoms with E-state index in [1.807, 2.05) is 0 Å². The summed E-state index contributed by atoms with van der Waals surface area (Å²) in [5.74, 6) is -0.375. The summed E-state index contributed by atoms with van der Waals surface area (Å²) in [6, 6.07) is 4.48. The summed E-state index contributed by atoms with van der Waals surface area (Å²) >= 11 is 0. The van der Waals surface area contributed by atoms with Gasteiger partial charge in [-0.15, -0.1) is 0 Å². The van der Waals surface area contributed by atoms with E-state index in [4.69, 9.17) is 10.8 Å². The van der Waals surface area contributed by atoms with Gasteiger partial charge in [-0.1, -0.05) is 18.2 Å². The van der Waals surface area contributed by atoms with E-state index in [9.17, 15) is 4.39 Å². The second-order valence-corrected chi connectivity index (χ2v) is 2.33. The molecule has 3 N–H and O–H groups in total. The highest BCUT2D eigenvalue weighted by Gasteiger charge is 2.00. The Morgan fingerprint density at radius 3 is 2.83 bits per heavy atom. The van der Waals surface area contributed by atoms with Crippen LogP contribution in [0.15, 0.2) is 24.3 Å². The number of hydrogen-bond acceptors (Lipinski definition) is 2. The number of nitrogen functional groups attached to an aromatic ring is 1. The van der Waals surface area contributed by atoms with E-state index in [0.29, 0.717) is 11.3 Å². The van der Waals surface area contributed by atoms with Crippen molar-refractivity contribution in [1.29, 1.82) is 0 Å². The summed E-state index contributed by atoms with van der Waals surface area (Å²) in [6.45, 7) is -0.117. The summed E-state index contributed by atoms with van der Waals surface area (Å²) in [7, 11) is 0. The Balaban J connectivity index is 3.04. The number of halogens is 1. The molecule has 1 aromatic carbocycles. The number of aliphatic hydroxyl groups excluding tert-OH is 1. The van der Waals surface area contributed by atoms with Crippen LogP contribution >= 0.6 is 0 Å². The largest absolute Gasteiger partial charge is 0.398 e. The first-order chi connectivity index (χ1) is 5.75. The molecule has 0 bridgehead atoms. The molecule has 64 valence electrons. The fraction of sp³-hybridized carbons (Fsp3) is 0.111. The Labute approximate surface area is 70.1 Å². The lowest BCUT2D eigenvalue weighted by molar-refractivity contribution is 0.343. The van der Waals surface area contributed by atoms with Gasteiger partial charge in [-0.2, -0.15) is 0 Å². The van der Waals surface area contributed by atoms with E-state index in [1.54, 1.807) is 12.1 Å². The van der Waals surface area contributed by atoms with Gasteiger partial charge in [0, 0.05) is 11.3 Å². The summed E-state index contributed by atoms with van der Waals surface area (Å²) < 4.78 is 13.0. The van der Waals surface area contributed by atoms with Crippen molar-refractivity contribution in [2.45, 2.75) is 0 Å². The van der Waals surface area contributed by atoms with E-state index in [2.05, 4.69) is 0 Å². The van der Waals surface area contributed by atoms with Gasteiger partial charge < -0.3 is 10.8 Å². The standard InChI is InChI=1S/C9H10FNO/c10-8-4-1-5-9(11)7(8)3-2-6-12/h1-5,12H,6,11H2. The van der Waals surface area contributed by atoms with Gasteiger partial charge in [0.15, 0.2) is 0 Å². The molecule has 0 aromatic heterocycles. The van der Waals surface area contributed by atoms with E-state index in [0.717, 1.165) is 0 Å². The fourth-order valence-corrected chi connectivity index (χ4v) is 0.900. The maximum Gasteiger partial charge on any atom is 0.132 e. The van der Waals surface area contributed by atoms with Gasteiger partial charge in [-0.05, 0) is 12.1 Å². The number of anilines is 1. The third-order valence-electron chi connectivity index (χ3n) is 1.48. The molecule has 0 aliphatic carbocycles. The van der Waals surface area contributed by atoms with Gasteiger partial charge in [0.05, 0.1) is 6.61 Å². The molecule has 0 radical (unpaired) electrons. The smallest absolute Gasteiger partial charge is 0.132 e. The fourth-order valence-electron chi connectivity index (χ4n) is 0.900. The number of aliphatic hydroxyl groups is 1. The van der Waals surface area contributed by atoms with Crippen LogP contribution in [0.5, 0.6) is 0 Å². The van der Waals surface area contributed by atoms with Gasteiger partial charge in [0.25, 0.3) is 0 Å². The normalized spacial score (nSPS) is 10.8. The first-order valence-corrected chi connectivity index (χ1v) is 3.57. The summed E-state index contributed by atoms with van der Waals surface area (Å²) in [6.07, 6.45) is 2.90. The molecular formula is C9H10FNO. The van der Waals surface area contributed by atoms with Crippen LogP contribution < -0.4 is 5.73 Å². The van der Waals surface area contributed by atoms with E-state index in [1.165, 1.54) is 18.2 Å². The lowest BCUT2D eigenvalue weighted by Crippen LogP contribution is -1.92. The predicted molar refractivity (Wildman–Crippen MR) is 46.9 cm³/mol. The zero-order valence-electron chi connectivity index (χ0n) is 6.50. The maximum atomic E-state index is 13.0. The molecule has 0 saturated heterocycles. The highest BCUT2D eigenvalue weighted by molar-refractivity contribution is 5.64. The van der Waals surface area contributed by atoms with Crippen LogP contribution in [-0.4, -0.2) is 11.7 Å². The van der Waals surface area contributed by atoms with Crippen molar-refractivity contribution in [2.24, 2.45) is 0 Å². The lowest BCUT2D eigenvalue weighted by Gasteiger charge is -2.00. The highest BCUT2D eigenvalue weighted by atomic mass is 19.1. The van der Waals surface area contributed by atoms with Crippen LogP contribution in [0.25, 0.3) is 6.08 Å². The first-order valence-electron chi connectivity index (χ1n) is 3.57. The molecule has 0 aliphatic heterocycles. The minimum atomic E-state index is -0.375. The van der Waals surface area contributed by atoms with Gasteiger partial charge in [0.1, 0.15) is 5.82 Å². The van der Waals surface area contributed by atoms with Crippen molar-refractivity contribution in [3.63, 3.8) is 0 Å². The second-order valence-electron chi connectivity index (χ2n) is 2.33. The van der Waals surface area contributed by atoms with Crippen LogP contribution in [0.2, 0.25) is 0 Å². The highest BCUT2D eigenvalue weighted by Crippen LogP contribution is 2.16. The van der Waals surface area contributed by atoms with Crippen molar-refractivity contribution in [3.05, 3.63) is 35.7 Å². The van der Waals surface area contributed by atoms with Crippen molar-refractivity contribution >= 4 is 11.8 Å². The summed E-state index contributed by atoms with van der Waals surface area (Å²) in [5.41, 5.74) is 6.19. The molecule has 0 saturated carbocycles. The van der Waals surface area contributed by atoms with Gasteiger partial charge in [-0.25, -0.2) is 4.39 Å². The van der Waals surface area contributed by atoms with Crippen LogP contribution in [0.4, 0.5) is 10.1 Å². The SMILES string of the molecule is Nc1cccc(F)c1C=CCO. The summed E-state index contributed by atoms with van der Waals surface area (Å²) in [4.78, 5) is 0. The van der Waals surface area contributed by atoms with Gasteiger partial charge >= 0.3 is 0 Å². The summed E-state index contributed by atoms with van der Waals surface area (Å²) in [5, 5.41) is 8.46. The molecule has 12 heavy (non-hydrogen) atoms. The van der Waals surface area contributed by atoms with E-state index in [-0.39, 0.29) is 12.4 Å². The Morgan fingerprint density at radius 2 is 2.25 bits per heavy atom. The lowest BCUT2D eigenvalue weighted by atomic mass is 10.1. The molecule has 0 spiro atoms. The molecule has 1 rings (SSSR count). The number of benzene rings is 1. The molecule has 0 fully saturated rings. The number of nitrogens with two attached hydrogens (primary N) is 1. The van der Waals surface area contributed by atoms with E-state index < -0.39 is 0 Å². The topological polar surface area (TPSA) is 46.2 Å². The Morgan fingerprint density at radius 1 is 1.50 bits per heavy atom. The molecule has 1 aromatic rings. The number of rotatable bonds is 2. The van der Waals surface area contributed by atoms with Crippen molar-refractivity contribution in [2.75, 3.05) is 12.3 Å². The van der Waals surface area contributed by atoms with Crippen LogP contribution in [-0.2, 0) is 0 Å². The van der Waals surface area contributed by atoms with Crippen molar-refractivity contribution in [3.8, 4) is 0 Å². The molecule has 2 nitrogen and oxygen atoms in total. The monoisotopic (exact) mass is 167 g/mol. The third kappa shape index (κ3) is 1.83. The maximum absolute atomic E-state index is 13.0. The molecule has 3 heteroatoms. The first kappa shape index (κ1) is 8.74. The van der Waals surface area contributed by atoms with Crippen LogP contribution in [0.1, 0.15) is 5.56 Å². The molecule has 0 amide bonds. The van der Waals surface area contributed by atoms with Crippen LogP contribution in [0, 0.1) is 5.82 Å². The molecule has 0 heterocycles. The van der Waals surface area contributed by atoms with Gasteiger partial charge in [0.2, 0.25) is 0 Å². The second kappa shape index (κ2) is 3.88. The van der Waals surface area contributed by atoms with Gasteiger partial charge in [-0.3, -0.25) is 0 Å². The average Bonchev–Trinajstić information content (AvgIpc) is 2.04. The molecule has 0 atom stereocenters. The zero-order chi connectivity index (χ0) is 8.97.